The second kappa shape index (κ2) is 12.1. The van der Waals surface area contributed by atoms with Crippen LogP contribution in [0.2, 0.25) is 10.0 Å². The molecule has 2 N–H and O–H groups in total. The summed E-state index contributed by atoms with van der Waals surface area (Å²) in [6.45, 7) is 1.09. The first-order chi connectivity index (χ1) is 18.1. The van der Waals surface area contributed by atoms with Crippen molar-refractivity contribution >= 4 is 52.3 Å². The number of nitrogens with zero attached hydrogens (tertiary/aromatic N) is 3. The van der Waals surface area contributed by atoms with Crippen LogP contribution in [0, 0.1) is 0 Å². The quantitative estimate of drug-likeness (QED) is 0.383. The van der Waals surface area contributed by atoms with Crippen molar-refractivity contribution < 1.29 is 28.2 Å². The van der Waals surface area contributed by atoms with Crippen LogP contribution in [0.5, 0.6) is 0 Å². The Morgan fingerprint density at radius 3 is 2.79 bits per heavy atom. The predicted octanol–water partition coefficient (Wildman–Crippen LogP) is 5.32. The summed E-state index contributed by atoms with van der Waals surface area (Å²) in [5.41, 5.74) is 0.929. The molecule has 3 heterocycles. The molecule has 1 aromatic heterocycles. The number of hydrogen-bond donors (Lipinski definition) is 2. The molecule has 4 rings (SSSR count). The molecule has 1 saturated heterocycles. The number of alkyl halides is 2. The van der Waals surface area contributed by atoms with Crippen LogP contribution in [-0.4, -0.2) is 64.4 Å². The summed E-state index contributed by atoms with van der Waals surface area (Å²) in [6.07, 6.45) is 1.44. The maximum absolute atomic E-state index is 14.5. The Morgan fingerprint density at radius 1 is 1.34 bits per heavy atom. The smallest absolute Gasteiger partial charge is 0.338 e. The highest BCUT2D eigenvalue weighted by Crippen LogP contribution is 2.39. The third kappa shape index (κ3) is 6.69. The summed E-state index contributed by atoms with van der Waals surface area (Å²) < 4.78 is 34.4. The van der Waals surface area contributed by atoms with Crippen molar-refractivity contribution in [3.05, 3.63) is 61.7 Å². The Kier molecular flexibility index (Phi) is 9.02. The number of aromatic nitrogens is 1. The standard InChI is InChI=1S/C25H26Cl2F2N4O4S/c1-2-37-24(36)20-18(12-33-13-25(28,29)8-7-15(33)4-6-19(34)35)31-22(23-30-9-10-38-23)32-21(20)16-5-3-14(26)11-17(16)27/h3,5,9-11,15,21H,2,4,6-8,12-13H2,1H3,(H,31,32)(H,34,35). The Morgan fingerprint density at radius 2 is 2.13 bits per heavy atom. The zero-order valence-corrected chi connectivity index (χ0v) is 22.8. The van der Waals surface area contributed by atoms with Crippen molar-refractivity contribution in [3.8, 4) is 0 Å². The van der Waals surface area contributed by atoms with Gasteiger partial charge < -0.3 is 15.2 Å². The van der Waals surface area contributed by atoms with Gasteiger partial charge in [0.15, 0.2) is 10.8 Å². The van der Waals surface area contributed by atoms with Crippen LogP contribution >= 0.6 is 34.5 Å². The Hall–Kier alpha value is -2.60. The third-order valence-corrected chi connectivity index (χ3v) is 7.70. The van der Waals surface area contributed by atoms with Gasteiger partial charge in [0.2, 0.25) is 0 Å². The molecule has 0 amide bonds. The van der Waals surface area contributed by atoms with Gasteiger partial charge in [-0.1, -0.05) is 29.3 Å². The second-order valence-electron chi connectivity index (χ2n) is 9.01. The van der Waals surface area contributed by atoms with Gasteiger partial charge in [-0.2, -0.15) is 0 Å². The number of aliphatic carboxylic acids is 1. The molecule has 2 aromatic rings. The maximum atomic E-state index is 14.5. The van der Waals surface area contributed by atoms with E-state index in [1.807, 2.05) is 0 Å². The van der Waals surface area contributed by atoms with E-state index in [9.17, 15) is 23.5 Å². The number of carbonyl (C=O) groups excluding carboxylic acids is 1. The molecular formula is C25H26Cl2F2N4O4S. The lowest BCUT2D eigenvalue weighted by molar-refractivity contribution is -0.139. The molecule has 38 heavy (non-hydrogen) atoms. The van der Waals surface area contributed by atoms with Crippen molar-refractivity contribution in [2.75, 3.05) is 19.7 Å². The highest BCUT2D eigenvalue weighted by Gasteiger charge is 2.42. The van der Waals surface area contributed by atoms with Crippen LogP contribution in [0.15, 0.2) is 46.0 Å². The molecule has 2 unspecified atom stereocenters. The molecule has 204 valence electrons. The fourth-order valence-corrected chi connectivity index (χ4v) is 5.74. The molecule has 0 bridgehead atoms. The van der Waals surface area contributed by atoms with E-state index in [2.05, 4.69) is 10.3 Å². The zero-order chi connectivity index (χ0) is 27.4. The second-order valence-corrected chi connectivity index (χ2v) is 10.7. The summed E-state index contributed by atoms with van der Waals surface area (Å²) in [5, 5.41) is 15.3. The Balaban J connectivity index is 1.81. The van der Waals surface area contributed by atoms with E-state index in [0.29, 0.717) is 27.1 Å². The number of thiazole rings is 1. The Labute approximate surface area is 232 Å². The lowest BCUT2D eigenvalue weighted by Crippen LogP contribution is -2.51. The average Bonchev–Trinajstić information content (AvgIpc) is 3.38. The van der Waals surface area contributed by atoms with Crippen LogP contribution in [-0.2, 0) is 14.3 Å². The number of likely N-dealkylation sites (tertiary alicyclic amines) is 1. The van der Waals surface area contributed by atoms with E-state index >= 15 is 0 Å². The molecule has 8 nitrogen and oxygen atoms in total. The summed E-state index contributed by atoms with van der Waals surface area (Å²) in [5.74, 6) is -4.27. The van der Waals surface area contributed by atoms with Crippen LogP contribution in [0.25, 0.3) is 0 Å². The van der Waals surface area contributed by atoms with Crippen molar-refractivity contribution in [3.63, 3.8) is 0 Å². The molecular weight excluding hydrogens is 561 g/mol. The highest BCUT2D eigenvalue weighted by atomic mass is 35.5. The van der Waals surface area contributed by atoms with Gasteiger partial charge >= 0.3 is 11.9 Å². The normalized spacial score (nSPS) is 21.6. The first-order valence-corrected chi connectivity index (χ1v) is 13.6. The number of benzene rings is 1. The number of carboxylic acids is 1. The minimum atomic E-state index is -2.95. The maximum Gasteiger partial charge on any atom is 0.338 e. The summed E-state index contributed by atoms with van der Waals surface area (Å²) in [4.78, 5) is 35.1. The minimum Gasteiger partial charge on any atom is -0.481 e. The molecule has 2 aliphatic rings. The average molecular weight is 587 g/mol. The van der Waals surface area contributed by atoms with Gasteiger partial charge in [0.05, 0.1) is 18.7 Å². The molecule has 2 aliphatic heterocycles. The lowest BCUT2D eigenvalue weighted by Gasteiger charge is -2.41. The number of nitrogens with one attached hydrogen (secondary N) is 1. The topological polar surface area (TPSA) is 104 Å². The zero-order valence-electron chi connectivity index (χ0n) is 20.4. The highest BCUT2D eigenvalue weighted by molar-refractivity contribution is 7.11. The van der Waals surface area contributed by atoms with Crippen molar-refractivity contribution in [2.24, 2.45) is 4.99 Å². The van der Waals surface area contributed by atoms with Gasteiger partial charge in [-0.3, -0.25) is 14.7 Å². The first kappa shape index (κ1) is 28.4. The van der Waals surface area contributed by atoms with Crippen LogP contribution in [0.3, 0.4) is 0 Å². The van der Waals surface area contributed by atoms with Gasteiger partial charge in [-0.05, 0) is 31.9 Å². The van der Waals surface area contributed by atoms with Gasteiger partial charge in [0.25, 0.3) is 5.92 Å². The predicted molar refractivity (Wildman–Crippen MR) is 141 cm³/mol. The van der Waals surface area contributed by atoms with E-state index in [1.165, 1.54) is 22.3 Å². The number of carboxylic acid groups (broad SMARTS) is 1. The van der Waals surface area contributed by atoms with E-state index in [-0.39, 0.29) is 49.4 Å². The van der Waals surface area contributed by atoms with Crippen molar-refractivity contribution in [2.45, 2.75) is 50.6 Å². The number of carbonyl (C=O) groups is 2. The van der Waals surface area contributed by atoms with Crippen LogP contribution in [0.1, 0.15) is 49.2 Å². The fraction of sp³-hybridized carbons (Fsp3) is 0.440. The van der Waals surface area contributed by atoms with Crippen molar-refractivity contribution in [1.29, 1.82) is 0 Å². The van der Waals surface area contributed by atoms with Crippen molar-refractivity contribution in [1.82, 2.24) is 15.2 Å². The lowest BCUT2D eigenvalue weighted by atomic mass is 9.92. The number of aliphatic imine (C=N–C) groups is 1. The van der Waals surface area contributed by atoms with Gasteiger partial charge in [-0.25, -0.2) is 18.6 Å². The summed E-state index contributed by atoms with van der Waals surface area (Å²) >= 11 is 13.9. The molecule has 0 saturated carbocycles. The van der Waals surface area contributed by atoms with E-state index in [4.69, 9.17) is 32.9 Å². The molecule has 0 aliphatic carbocycles. The van der Waals surface area contributed by atoms with E-state index in [0.717, 1.165) is 0 Å². The number of amidine groups is 1. The van der Waals surface area contributed by atoms with E-state index in [1.54, 1.807) is 30.6 Å². The van der Waals surface area contributed by atoms with Gasteiger partial charge in [0, 0.05) is 58.3 Å². The SMILES string of the molecule is CCOC(=O)C1=C(CN2CC(F)(F)CCC2CCC(=O)O)NC(c2nccs2)=NC1c1ccc(Cl)cc1Cl. The molecule has 0 radical (unpaired) electrons. The minimum absolute atomic E-state index is 0.0832. The number of piperidine rings is 1. The van der Waals surface area contributed by atoms with Crippen LogP contribution < -0.4 is 5.32 Å². The first-order valence-electron chi connectivity index (χ1n) is 12.0. The molecule has 1 fully saturated rings. The molecule has 2 atom stereocenters. The monoisotopic (exact) mass is 586 g/mol. The summed E-state index contributed by atoms with van der Waals surface area (Å²) in [7, 11) is 0. The number of rotatable bonds is 9. The van der Waals surface area contributed by atoms with Crippen LogP contribution in [0.4, 0.5) is 8.78 Å². The molecule has 0 spiro atoms. The fourth-order valence-electron chi connectivity index (χ4n) is 4.64. The van der Waals surface area contributed by atoms with Gasteiger partial charge in [-0.15, -0.1) is 11.3 Å². The number of esters is 1. The Bertz CT molecular complexity index is 1260. The largest absolute Gasteiger partial charge is 0.481 e. The summed E-state index contributed by atoms with van der Waals surface area (Å²) in [6, 6.07) is 3.48. The number of ether oxygens (including phenoxy) is 1. The number of hydrogen-bond acceptors (Lipinski definition) is 8. The van der Waals surface area contributed by atoms with E-state index < -0.39 is 36.5 Å². The molecule has 1 aromatic carbocycles. The number of halogens is 4. The third-order valence-electron chi connectivity index (χ3n) is 6.36. The molecule has 13 heteroatoms. The van der Waals surface area contributed by atoms with Gasteiger partial charge in [0.1, 0.15) is 6.04 Å².